The number of esters is 1. The molecular formula is C9H13NO2S. The van der Waals surface area contributed by atoms with E-state index >= 15 is 0 Å². The van der Waals surface area contributed by atoms with Gasteiger partial charge >= 0.3 is 5.97 Å². The molecule has 0 aromatic carbocycles. The zero-order valence-corrected chi connectivity index (χ0v) is 8.51. The Morgan fingerprint density at radius 1 is 1.77 bits per heavy atom. The van der Waals surface area contributed by atoms with Crippen LogP contribution in [0.2, 0.25) is 0 Å². The molecule has 0 aromatic rings. The number of thiol groups is 1. The van der Waals surface area contributed by atoms with Crippen molar-refractivity contribution < 1.29 is 9.53 Å². The van der Waals surface area contributed by atoms with Crippen molar-refractivity contribution in [3.05, 3.63) is 12.2 Å². The van der Waals surface area contributed by atoms with E-state index in [9.17, 15) is 4.79 Å². The Hall–Kier alpha value is -0.950. The van der Waals surface area contributed by atoms with Crippen LogP contribution in [0, 0.1) is 11.3 Å². The molecule has 0 radical (unpaired) electrons. The summed E-state index contributed by atoms with van der Waals surface area (Å²) in [5, 5.41) is 8.29. The van der Waals surface area contributed by atoms with Crippen LogP contribution in [0.1, 0.15) is 19.8 Å². The maximum Gasteiger partial charge on any atom is 0.333 e. The number of ether oxygens (including phenoxy) is 1. The van der Waals surface area contributed by atoms with E-state index in [1.807, 2.05) is 6.07 Å². The second-order valence-corrected chi connectivity index (χ2v) is 3.45. The van der Waals surface area contributed by atoms with Gasteiger partial charge in [-0.1, -0.05) is 6.58 Å². The second-order valence-electron chi connectivity index (χ2n) is 2.72. The van der Waals surface area contributed by atoms with E-state index in [1.54, 1.807) is 6.92 Å². The third-order valence-corrected chi connectivity index (χ3v) is 1.80. The van der Waals surface area contributed by atoms with Gasteiger partial charge < -0.3 is 4.74 Å². The largest absolute Gasteiger partial charge is 0.462 e. The predicted molar refractivity (Wildman–Crippen MR) is 53.4 cm³/mol. The molecule has 0 aliphatic rings. The van der Waals surface area contributed by atoms with Gasteiger partial charge in [-0.25, -0.2) is 4.79 Å². The molecule has 13 heavy (non-hydrogen) atoms. The summed E-state index contributed by atoms with van der Waals surface area (Å²) in [4.78, 5) is 10.9. The van der Waals surface area contributed by atoms with Crippen LogP contribution in [0.3, 0.4) is 0 Å². The van der Waals surface area contributed by atoms with Gasteiger partial charge in [0.1, 0.15) is 0 Å². The standard InChI is InChI=1S/C9H13NO2S/c1-7(2)9(11)12-6-4-8(13)3-5-10/h8,13H,1,3-4,6H2,2H3. The molecule has 0 rings (SSSR count). The Bertz CT molecular complexity index is 232. The number of hydrogen-bond acceptors (Lipinski definition) is 4. The van der Waals surface area contributed by atoms with Crippen LogP contribution in [-0.4, -0.2) is 17.8 Å². The van der Waals surface area contributed by atoms with E-state index in [-0.39, 0.29) is 5.25 Å². The lowest BCUT2D eigenvalue weighted by molar-refractivity contribution is -0.139. The summed E-state index contributed by atoms with van der Waals surface area (Å²) < 4.78 is 4.82. The highest BCUT2D eigenvalue weighted by atomic mass is 32.1. The molecule has 0 aromatic heterocycles. The van der Waals surface area contributed by atoms with Crippen molar-refractivity contribution >= 4 is 18.6 Å². The SMILES string of the molecule is C=C(C)C(=O)OCCC(S)CC#N. The van der Waals surface area contributed by atoms with Crippen LogP contribution < -0.4 is 0 Å². The Kier molecular flexibility index (Phi) is 6.07. The smallest absolute Gasteiger partial charge is 0.333 e. The summed E-state index contributed by atoms with van der Waals surface area (Å²) in [6.07, 6.45) is 0.962. The van der Waals surface area contributed by atoms with E-state index in [1.165, 1.54) is 0 Å². The summed E-state index contributed by atoms with van der Waals surface area (Å²) in [5.41, 5.74) is 0.385. The lowest BCUT2D eigenvalue weighted by Gasteiger charge is -2.06. The van der Waals surface area contributed by atoms with Gasteiger partial charge in [-0.15, -0.1) is 0 Å². The zero-order chi connectivity index (χ0) is 10.3. The number of carbonyl (C=O) groups is 1. The lowest BCUT2D eigenvalue weighted by atomic mass is 10.2. The van der Waals surface area contributed by atoms with Gasteiger partial charge in [-0.3, -0.25) is 0 Å². The fourth-order valence-electron chi connectivity index (χ4n) is 0.618. The first-order chi connectivity index (χ1) is 6.07. The summed E-state index contributed by atoms with van der Waals surface area (Å²) in [6, 6.07) is 1.99. The van der Waals surface area contributed by atoms with Gasteiger partial charge in [-0.05, 0) is 13.3 Å². The van der Waals surface area contributed by atoms with E-state index in [4.69, 9.17) is 10.00 Å². The molecule has 0 bridgehead atoms. The van der Waals surface area contributed by atoms with Crippen LogP contribution >= 0.6 is 12.6 Å². The van der Waals surface area contributed by atoms with Crippen molar-refractivity contribution in [1.82, 2.24) is 0 Å². The molecule has 1 unspecified atom stereocenters. The summed E-state index contributed by atoms with van der Waals surface area (Å²) >= 11 is 4.13. The fourth-order valence-corrected chi connectivity index (χ4v) is 0.805. The van der Waals surface area contributed by atoms with E-state index in [0.717, 1.165) is 0 Å². The minimum atomic E-state index is -0.391. The third kappa shape index (κ3) is 6.23. The first-order valence-electron chi connectivity index (χ1n) is 3.95. The minimum Gasteiger partial charge on any atom is -0.462 e. The maximum absolute atomic E-state index is 10.9. The van der Waals surface area contributed by atoms with Crippen molar-refractivity contribution in [2.75, 3.05) is 6.61 Å². The highest BCUT2D eigenvalue weighted by molar-refractivity contribution is 7.80. The minimum absolute atomic E-state index is 0.0251. The molecule has 0 aliphatic carbocycles. The Balaban J connectivity index is 3.51. The van der Waals surface area contributed by atoms with Crippen molar-refractivity contribution in [3.8, 4) is 6.07 Å². The van der Waals surface area contributed by atoms with Crippen LogP contribution in [0.5, 0.6) is 0 Å². The molecule has 0 saturated carbocycles. The number of hydrogen-bond donors (Lipinski definition) is 1. The van der Waals surface area contributed by atoms with Gasteiger partial charge in [0.2, 0.25) is 0 Å². The molecule has 0 amide bonds. The molecule has 0 spiro atoms. The Morgan fingerprint density at radius 3 is 2.85 bits per heavy atom. The number of nitriles is 1. The first kappa shape index (κ1) is 12.0. The quantitative estimate of drug-likeness (QED) is 0.416. The zero-order valence-electron chi connectivity index (χ0n) is 7.62. The lowest BCUT2D eigenvalue weighted by Crippen LogP contribution is -2.10. The van der Waals surface area contributed by atoms with Gasteiger partial charge in [0.05, 0.1) is 12.7 Å². The average Bonchev–Trinajstić information content (AvgIpc) is 2.04. The third-order valence-electron chi connectivity index (χ3n) is 1.36. The van der Waals surface area contributed by atoms with Gasteiger partial charge in [0.25, 0.3) is 0 Å². The first-order valence-corrected chi connectivity index (χ1v) is 4.47. The number of nitrogens with zero attached hydrogens (tertiary/aromatic N) is 1. The summed E-state index contributed by atoms with van der Waals surface area (Å²) in [7, 11) is 0. The number of rotatable bonds is 5. The number of carbonyl (C=O) groups excluding carboxylic acids is 1. The normalized spacial score (nSPS) is 11.5. The topological polar surface area (TPSA) is 50.1 Å². The van der Waals surface area contributed by atoms with E-state index in [0.29, 0.717) is 25.0 Å². The second kappa shape index (κ2) is 6.55. The molecule has 1 atom stereocenters. The van der Waals surface area contributed by atoms with Gasteiger partial charge in [0, 0.05) is 17.2 Å². The molecule has 0 fully saturated rings. The van der Waals surface area contributed by atoms with Crippen LogP contribution in [0.25, 0.3) is 0 Å². The van der Waals surface area contributed by atoms with Crippen molar-refractivity contribution in [2.24, 2.45) is 0 Å². The van der Waals surface area contributed by atoms with Crippen molar-refractivity contribution in [2.45, 2.75) is 25.0 Å². The monoisotopic (exact) mass is 199 g/mol. The molecular weight excluding hydrogens is 186 g/mol. The van der Waals surface area contributed by atoms with Crippen LogP contribution in [-0.2, 0) is 9.53 Å². The molecule has 0 N–H and O–H groups in total. The highest BCUT2D eigenvalue weighted by Gasteiger charge is 2.05. The summed E-state index contributed by atoms with van der Waals surface area (Å²) in [6.45, 7) is 5.33. The van der Waals surface area contributed by atoms with Gasteiger partial charge in [0.15, 0.2) is 0 Å². The van der Waals surface area contributed by atoms with Crippen molar-refractivity contribution in [3.63, 3.8) is 0 Å². The highest BCUT2D eigenvalue weighted by Crippen LogP contribution is 2.06. The molecule has 0 aliphatic heterocycles. The maximum atomic E-state index is 10.9. The Labute approximate surface area is 83.8 Å². The van der Waals surface area contributed by atoms with Crippen molar-refractivity contribution in [1.29, 1.82) is 5.26 Å². The predicted octanol–water partition coefficient (Wildman–Crippen LogP) is 1.71. The van der Waals surface area contributed by atoms with Gasteiger partial charge in [-0.2, -0.15) is 17.9 Å². The molecule has 0 saturated heterocycles. The van der Waals surface area contributed by atoms with E-state index in [2.05, 4.69) is 19.2 Å². The van der Waals surface area contributed by atoms with Crippen LogP contribution in [0.4, 0.5) is 0 Å². The molecule has 0 heterocycles. The molecule has 4 heteroatoms. The van der Waals surface area contributed by atoms with E-state index < -0.39 is 5.97 Å². The fraction of sp³-hybridized carbons (Fsp3) is 0.556. The Morgan fingerprint density at radius 2 is 2.38 bits per heavy atom. The molecule has 72 valence electrons. The molecule has 3 nitrogen and oxygen atoms in total. The average molecular weight is 199 g/mol. The van der Waals surface area contributed by atoms with Crippen LogP contribution in [0.15, 0.2) is 12.2 Å². The summed E-state index contributed by atoms with van der Waals surface area (Å²) in [5.74, 6) is -0.391.